The minimum Gasteiger partial charge on any atom is -0.494 e. The molecule has 0 saturated heterocycles. The molecule has 3 aromatic rings. The lowest BCUT2D eigenvalue weighted by Crippen LogP contribution is -2.28. The molecule has 2 heterocycles. The number of pyridine rings is 1. The van der Waals surface area contributed by atoms with E-state index in [1.54, 1.807) is 24.4 Å². The highest BCUT2D eigenvalue weighted by Crippen LogP contribution is 2.36. The second kappa shape index (κ2) is 9.46. The normalized spacial score (nSPS) is 11.5. The topological polar surface area (TPSA) is 115 Å². The molecule has 3 rings (SSSR count). The van der Waals surface area contributed by atoms with E-state index in [0.717, 1.165) is 18.4 Å². The van der Waals surface area contributed by atoms with Crippen molar-refractivity contribution < 1.29 is 18.3 Å². The number of aromatic amines is 1. The molecule has 0 aliphatic rings. The Bertz CT molecular complexity index is 1140. The third kappa shape index (κ3) is 5.71. The van der Waals surface area contributed by atoms with Crippen LogP contribution in [0.25, 0.3) is 22.2 Å². The lowest BCUT2D eigenvalue weighted by molar-refractivity contribution is 0.0956. The summed E-state index contributed by atoms with van der Waals surface area (Å²) in [5.74, 6) is -0.528. The van der Waals surface area contributed by atoms with Crippen molar-refractivity contribution in [3.8, 4) is 17.1 Å². The number of H-pyrrole nitrogens is 1. The van der Waals surface area contributed by atoms with E-state index < -0.39 is 9.84 Å². The summed E-state index contributed by atoms with van der Waals surface area (Å²) < 4.78 is 22.4. The van der Waals surface area contributed by atoms with Crippen LogP contribution in [0.4, 0.5) is 0 Å². The van der Waals surface area contributed by atoms with E-state index in [1.165, 1.54) is 0 Å². The number of nitrogens with zero attached hydrogens (tertiary/aromatic N) is 2. The van der Waals surface area contributed by atoms with Gasteiger partial charge in [0.25, 0.3) is 5.91 Å². The highest BCUT2D eigenvalue weighted by atomic mass is 35.5. The fourth-order valence-corrected chi connectivity index (χ4v) is 3.53. The molecule has 1 amide bonds. The molecule has 0 saturated carbocycles. The van der Waals surface area contributed by atoms with E-state index in [4.69, 9.17) is 0 Å². The van der Waals surface area contributed by atoms with Crippen molar-refractivity contribution in [1.29, 1.82) is 0 Å². The van der Waals surface area contributed by atoms with E-state index in [9.17, 15) is 18.3 Å². The number of halogens is 1. The number of amides is 1. The van der Waals surface area contributed by atoms with Gasteiger partial charge in [0.1, 0.15) is 9.84 Å². The number of nitrogens with one attached hydrogen (secondary N) is 2. The fourth-order valence-electron chi connectivity index (χ4n) is 3.06. The summed E-state index contributed by atoms with van der Waals surface area (Å²) in [6, 6.07) is 8.75. The molecule has 8 nitrogen and oxygen atoms in total. The lowest BCUT2D eigenvalue weighted by Gasteiger charge is -2.09. The molecular formula is C20H25ClN4O4S. The number of sulfone groups is 1. The van der Waals surface area contributed by atoms with Crippen LogP contribution in [0.1, 0.15) is 15.9 Å². The highest BCUT2D eigenvalue weighted by Gasteiger charge is 2.16. The van der Waals surface area contributed by atoms with Gasteiger partial charge in [-0.2, -0.15) is 0 Å². The summed E-state index contributed by atoms with van der Waals surface area (Å²) >= 11 is 0. The molecule has 0 fully saturated rings. The molecular weight excluding hydrogens is 428 g/mol. The van der Waals surface area contributed by atoms with Crippen LogP contribution in [0.3, 0.4) is 0 Å². The number of rotatable bonds is 7. The summed E-state index contributed by atoms with van der Waals surface area (Å²) in [5, 5.41) is 13.7. The van der Waals surface area contributed by atoms with E-state index in [-0.39, 0.29) is 36.5 Å². The van der Waals surface area contributed by atoms with Crippen molar-refractivity contribution in [2.24, 2.45) is 0 Å². The molecule has 0 spiro atoms. The van der Waals surface area contributed by atoms with Crippen LogP contribution in [-0.2, 0) is 16.4 Å². The van der Waals surface area contributed by atoms with E-state index in [0.29, 0.717) is 27.7 Å². The first-order chi connectivity index (χ1) is 13.6. The Kier molecular flexibility index (Phi) is 7.46. The van der Waals surface area contributed by atoms with Gasteiger partial charge in [-0.15, -0.1) is 12.4 Å². The Labute approximate surface area is 181 Å². The van der Waals surface area contributed by atoms with Crippen LogP contribution in [0.2, 0.25) is 0 Å². The first kappa shape index (κ1) is 23.7. The van der Waals surface area contributed by atoms with Crippen LogP contribution in [0.5, 0.6) is 5.88 Å². The Morgan fingerprint density at radius 1 is 1.23 bits per heavy atom. The first-order valence-electron chi connectivity index (χ1n) is 9.04. The van der Waals surface area contributed by atoms with Crippen molar-refractivity contribution in [1.82, 2.24) is 20.2 Å². The summed E-state index contributed by atoms with van der Waals surface area (Å²) in [4.78, 5) is 21.8. The van der Waals surface area contributed by atoms with Gasteiger partial charge in [0.05, 0.1) is 17.0 Å². The summed E-state index contributed by atoms with van der Waals surface area (Å²) in [6.45, 7) is 0.792. The molecule has 0 unspecified atom stereocenters. The largest absolute Gasteiger partial charge is 0.494 e. The quantitative estimate of drug-likeness (QED) is 0.506. The van der Waals surface area contributed by atoms with Crippen LogP contribution >= 0.6 is 12.4 Å². The molecule has 1 aromatic carbocycles. The number of benzene rings is 1. The number of hydrogen-bond donors (Lipinski definition) is 3. The van der Waals surface area contributed by atoms with Gasteiger partial charge in [-0.3, -0.25) is 9.78 Å². The molecule has 0 atom stereocenters. The number of fused-ring (bicyclic) bond motifs is 1. The molecule has 30 heavy (non-hydrogen) atoms. The standard InChI is InChI=1S/C20H24N4O4S.ClH/c1-24(2)12-13-4-6-17(22-11-13)18-15-10-14(5-7-16(15)23-20(18)26)19(25)21-8-9-29(3,27)28;/h4-7,10-11,23,26H,8-9,12H2,1-3H3,(H,21,25);1H. The molecule has 2 aromatic heterocycles. The number of hydrogen-bond acceptors (Lipinski definition) is 6. The molecule has 0 aliphatic heterocycles. The van der Waals surface area contributed by atoms with Gasteiger partial charge >= 0.3 is 0 Å². The predicted molar refractivity (Wildman–Crippen MR) is 120 cm³/mol. The molecule has 162 valence electrons. The highest BCUT2D eigenvalue weighted by molar-refractivity contribution is 7.90. The van der Waals surface area contributed by atoms with Crippen LogP contribution in [0.15, 0.2) is 36.5 Å². The minimum absolute atomic E-state index is 0. The summed E-state index contributed by atoms with van der Waals surface area (Å²) in [6.07, 6.45) is 2.88. The lowest BCUT2D eigenvalue weighted by atomic mass is 10.1. The molecule has 0 bridgehead atoms. The van der Waals surface area contributed by atoms with Crippen molar-refractivity contribution in [3.63, 3.8) is 0 Å². The van der Waals surface area contributed by atoms with Crippen LogP contribution in [-0.4, -0.2) is 66.9 Å². The number of carbonyl (C=O) groups is 1. The van der Waals surface area contributed by atoms with Gasteiger partial charge in [0.15, 0.2) is 5.88 Å². The summed E-state index contributed by atoms with van der Waals surface area (Å²) in [7, 11) is 0.797. The van der Waals surface area contributed by atoms with Gasteiger partial charge in [0, 0.05) is 42.0 Å². The maximum Gasteiger partial charge on any atom is 0.251 e. The first-order valence-corrected chi connectivity index (χ1v) is 11.1. The van der Waals surface area contributed by atoms with E-state index in [1.807, 2.05) is 31.1 Å². The molecule has 10 heteroatoms. The zero-order valence-corrected chi connectivity index (χ0v) is 18.6. The maximum absolute atomic E-state index is 12.4. The Morgan fingerprint density at radius 2 is 1.97 bits per heavy atom. The summed E-state index contributed by atoms with van der Waals surface area (Å²) in [5.41, 5.74) is 3.19. The second-order valence-electron chi connectivity index (χ2n) is 7.28. The van der Waals surface area contributed by atoms with Gasteiger partial charge < -0.3 is 20.3 Å². The zero-order chi connectivity index (χ0) is 21.2. The average molecular weight is 453 g/mol. The zero-order valence-electron chi connectivity index (χ0n) is 17.0. The van der Waals surface area contributed by atoms with Crippen molar-refractivity contribution in [2.45, 2.75) is 6.54 Å². The van der Waals surface area contributed by atoms with Crippen LogP contribution < -0.4 is 5.32 Å². The predicted octanol–water partition coefficient (Wildman–Crippen LogP) is 2.19. The number of carbonyl (C=O) groups excluding carboxylic acids is 1. The molecule has 0 aliphatic carbocycles. The number of aromatic nitrogens is 2. The van der Waals surface area contributed by atoms with Crippen molar-refractivity contribution in [3.05, 3.63) is 47.7 Å². The fraction of sp³-hybridized carbons (Fsp3) is 0.300. The Morgan fingerprint density at radius 3 is 2.57 bits per heavy atom. The Hall–Kier alpha value is -2.62. The monoisotopic (exact) mass is 452 g/mol. The second-order valence-corrected chi connectivity index (χ2v) is 9.54. The number of aromatic hydroxyl groups is 1. The van der Waals surface area contributed by atoms with Gasteiger partial charge in [0.2, 0.25) is 0 Å². The van der Waals surface area contributed by atoms with Crippen molar-refractivity contribution >= 4 is 39.1 Å². The van der Waals surface area contributed by atoms with Gasteiger partial charge in [-0.25, -0.2) is 8.42 Å². The SMILES string of the molecule is CN(C)Cc1ccc(-c2c(O)[nH]c3ccc(C(=O)NCCS(C)(=O)=O)cc23)nc1.Cl. The minimum atomic E-state index is -3.15. The molecule has 3 N–H and O–H groups in total. The third-order valence-electron chi connectivity index (χ3n) is 4.38. The van der Waals surface area contributed by atoms with E-state index >= 15 is 0 Å². The maximum atomic E-state index is 12.4. The molecule has 0 radical (unpaired) electrons. The Balaban J connectivity index is 0.00000320. The third-order valence-corrected chi connectivity index (χ3v) is 5.32. The smallest absolute Gasteiger partial charge is 0.251 e. The average Bonchev–Trinajstić information content (AvgIpc) is 2.95. The van der Waals surface area contributed by atoms with E-state index in [2.05, 4.69) is 15.3 Å². The van der Waals surface area contributed by atoms with Crippen molar-refractivity contribution in [2.75, 3.05) is 32.6 Å². The van der Waals surface area contributed by atoms with Crippen LogP contribution in [0, 0.1) is 0 Å². The van der Waals surface area contributed by atoms with Gasteiger partial charge in [-0.05, 0) is 43.9 Å². The van der Waals surface area contributed by atoms with Gasteiger partial charge in [-0.1, -0.05) is 6.07 Å².